The summed E-state index contributed by atoms with van der Waals surface area (Å²) in [7, 11) is 0. The molecule has 2 aliphatic rings. The van der Waals surface area contributed by atoms with Gasteiger partial charge in [0.1, 0.15) is 6.61 Å². The van der Waals surface area contributed by atoms with E-state index in [9.17, 15) is 14.4 Å². The molecule has 7 nitrogen and oxygen atoms in total. The highest BCUT2D eigenvalue weighted by atomic mass is 16.5. The van der Waals surface area contributed by atoms with Crippen LogP contribution in [0.3, 0.4) is 0 Å². The van der Waals surface area contributed by atoms with Crippen LogP contribution in [0.5, 0.6) is 0 Å². The van der Waals surface area contributed by atoms with Crippen molar-refractivity contribution in [2.45, 2.75) is 57.4 Å². The molecule has 0 saturated heterocycles. The van der Waals surface area contributed by atoms with Gasteiger partial charge in [-0.05, 0) is 54.9 Å². The molecule has 0 unspecified atom stereocenters. The number of alkyl carbamates (subject to hydrolysis) is 1. The predicted molar refractivity (Wildman–Crippen MR) is 133 cm³/mol. The summed E-state index contributed by atoms with van der Waals surface area (Å²) in [5.41, 5.74) is 4.73. The number of carbonyl (C=O) groups excluding carboxylic acids is 2. The van der Waals surface area contributed by atoms with Crippen molar-refractivity contribution in [2.24, 2.45) is 5.92 Å². The van der Waals surface area contributed by atoms with Crippen LogP contribution >= 0.6 is 0 Å². The number of hydrogen-bond acceptors (Lipinski definition) is 4. The van der Waals surface area contributed by atoms with Gasteiger partial charge in [-0.15, -0.1) is 0 Å². The standard InChI is InChI=1S/C28H34N2O5/c1-2-30(16-8-15-26(31)32)27(33)19-9-7-10-20(17-19)29-28(34)35-18-25-23-13-5-3-11-21(23)22-12-4-6-14-24(22)25/h3-6,11-14,19-20,25H,2,7-10,15-18H2,1H3,(H,29,34)(H,31,32)/t19-,20+/m0/s1. The molecule has 2 aromatic carbocycles. The molecule has 7 heteroatoms. The molecule has 2 aliphatic carbocycles. The fraction of sp³-hybridized carbons (Fsp3) is 0.464. The molecule has 2 aromatic rings. The number of carbonyl (C=O) groups is 3. The second-order valence-corrected chi connectivity index (χ2v) is 9.45. The second kappa shape index (κ2) is 11.4. The number of hydrogen-bond donors (Lipinski definition) is 2. The number of aliphatic carboxylic acids is 1. The van der Waals surface area contributed by atoms with Gasteiger partial charge in [-0.3, -0.25) is 9.59 Å². The molecule has 0 aliphatic heterocycles. The van der Waals surface area contributed by atoms with E-state index >= 15 is 0 Å². The van der Waals surface area contributed by atoms with Crippen LogP contribution in [0, 0.1) is 5.92 Å². The molecule has 0 bridgehead atoms. The monoisotopic (exact) mass is 478 g/mol. The minimum Gasteiger partial charge on any atom is -0.481 e. The van der Waals surface area contributed by atoms with E-state index in [4.69, 9.17) is 9.84 Å². The Kier molecular flexibility index (Phi) is 8.06. The normalized spacial score (nSPS) is 18.9. The number of fused-ring (bicyclic) bond motifs is 3. The lowest BCUT2D eigenvalue weighted by Crippen LogP contribution is -2.44. The van der Waals surface area contributed by atoms with E-state index in [-0.39, 0.29) is 36.8 Å². The first-order valence-corrected chi connectivity index (χ1v) is 12.6. The van der Waals surface area contributed by atoms with E-state index in [0.29, 0.717) is 25.9 Å². The average Bonchev–Trinajstić information content (AvgIpc) is 3.19. The van der Waals surface area contributed by atoms with Crippen LogP contribution in [0.2, 0.25) is 0 Å². The van der Waals surface area contributed by atoms with Crippen LogP contribution in [0.4, 0.5) is 4.79 Å². The zero-order valence-corrected chi connectivity index (χ0v) is 20.2. The van der Waals surface area contributed by atoms with Gasteiger partial charge in [0.25, 0.3) is 0 Å². The number of carboxylic acids is 1. The summed E-state index contributed by atoms with van der Waals surface area (Å²) in [6.45, 7) is 3.18. The molecular formula is C28H34N2O5. The average molecular weight is 479 g/mol. The molecule has 0 radical (unpaired) electrons. The lowest BCUT2D eigenvalue weighted by atomic mass is 9.84. The lowest BCUT2D eigenvalue weighted by Gasteiger charge is -2.32. The summed E-state index contributed by atoms with van der Waals surface area (Å²) in [4.78, 5) is 38.2. The van der Waals surface area contributed by atoms with E-state index in [2.05, 4.69) is 29.6 Å². The van der Waals surface area contributed by atoms with Gasteiger partial charge in [-0.2, -0.15) is 0 Å². The number of carboxylic acid groups (broad SMARTS) is 1. The Balaban J connectivity index is 1.30. The van der Waals surface area contributed by atoms with E-state index in [1.54, 1.807) is 4.90 Å². The molecule has 2 amide bonds. The van der Waals surface area contributed by atoms with Crippen molar-refractivity contribution in [2.75, 3.05) is 19.7 Å². The first kappa shape index (κ1) is 24.8. The van der Waals surface area contributed by atoms with Crippen molar-refractivity contribution < 1.29 is 24.2 Å². The maximum absolute atomic E-state index is 13.0. The van der Waals surface area contributed by atoms with Gasteiger partial charge in [-0.25, -0.2) is 4.79 Å². The van der Waals surface area contributed by atoms with E-state index < -0.39 is 12.1 Å². The van der Waals surface area contributed by atoms with E-state index in [1.165, 1.54) is 22.3 Å². The Morgan fingerprint density at radius 1 is 1.03 bits per heavy atom. The minimum atomic E-state index is -0.849. The van der Waals surface area contributed by atoms with Gasteiger partial charge >= 0.3 is 12.1 Å². The SMILES string of the molecule is CCN(CCCC(=O)O)C(=O)[C@H]1CCC[C@@H](NC(=O)OCC2c3ccccc3-c3ccccc32)C1. The summed E-state index contributed by atoms with van der Waals surface area (Å²) in [5, 5.41) is 11.8. The third kappa shape index (κ3) is 5.84. The Morgan fingerprint density at radius 3 is 2.31 bits per heavy atom. The molecule has 0 heterocycles. The van der Waals surface area contributed by atoms with Gasteiger partial charge in [0.2, 0.25) is 5.91 Å². The van der Waals surface area contributed by atoms with Crippen LogP contribution in [0.1, 0.15) is 62.5 Å². The summed E-state index contributed by atoms with van der Waals surface area (Å²) >= 11 is 0. The first-order chi connectivity index (χ1) is 17.0. The Labute approximate surface area is 206 Å². The third-order valence-corrected chi connectivity index (χ3v) is 7.20. The van der Waals surface area contributed by atoms with Crippen molar-refractivity contribution in [1.29, 1.82) is 0 Å². The lowest BCUT2D eigenvalue weighted by molar-refractivity contribution is -0.139. The largest absolute Gasteiger partial charge is 0.481 e. The zero-order chi connectivity index (χ0) is 24.8. The molecule has 35 heavy (non-hydrogen) atoms. The van der Waals surface area contributed by atoms with Crippen molar-refractivity contribution in [3.8, 4) is 11.1 Å². The highest BCUT2D eigenvalue weighted by molar-refractivity contribution is 5.80. The fourth-order valence-electron chi connectivity index (χ4n) is 5.46. The van der Waals surface area contributed by atoms with Gasteiger partial charge in [0, 0.05) is 37.4 Å². The second-order valence-electron chi connectivity index (χ2n) is 9.45. The number of nitrogens with one attached hydrogen (secondary N) is 1. The van der Waals surface area contributed by atoms with Crippen molar-refractivity contribution in [3.05, 3.63) is 59.7 Å². The molecule has 4 rings (SSSR count). The zero-order valence-electron chi connectivity index (χ0n) is 20.2. The van der Waals surface area contributed by atoms with Crippen LogP contribution in [0.15, 0.2) is 48.5 Å². The molecule has 1 fully saturated rings. The molecule has 0 spiro atoms. The molecule has 1 saturated carbocycles. The Hall–Kier alpha value is -3.35. The van der Waals surface area contributed by atoms with Crippen LogP contribution < -0.4 is 5.32 Å². The van der Waals surface area contributed by atoms with Crippen molar-refractivity contribution in [3.63, 3.8) is 0 Å². The Morgan fingerprint density at radius 2 is 1.69 bits per heavy atom. The highest BCUT2D eigenvalue weighted by Gasteiger charge is 2.32. The maximum atomic E-state index is 13.0. The van der Waals surface area contributed by atoms with Crippen LogP contribution in [0.25, 0.3) is 11.1 Å². The van der Waals surface area contributed by atoms with Crippen molar-refractivity contribution in [1.82, 2.24) is 10.2 Å². The van der Waals surface area contributed by atoms with Gasteiger partial charge in [0.15, 0.2) is 0 Å². The minimum absolute atomic E-state index is 0.0118. The molecule has 186 valence electrons. The number of benzene rings is 2. The topological polar surface area (TPSA) is 95.9 Å². The van der Waals surface area contributed by atoms with Gasteiger partial charge in [0.05, 0.1) is 0 Å². The van der Waals surface area contributed by atoms with E-state index in [0.717, 1.165) is 19.3 Å². The number of amides is 2. The fourth-order valence-corrected chi connectivity index (χ4v) is 5.46. The number of nitrogens with zero attached hydrogens (tertiary/aromatic N) is 1. The summed E-state index contributed by atoms with van der Waals surface area (Å²) in [6, 6.07) is 16.4. The van der Waals surface area contributed by atoms with Crippen LogP contribution in [-0.4, -0.2) is 53.7 Å². The summed E-state index contributed by atoms with van der Waals surface area (Å²) in [5.74, 6) is -0.944. The first-order valence-electron chi connectivity index (χ1n) is 12.6. The van der Waals surface area contributed by atoms with E-state index in [1.807, 2.05) is 31.2 Å². The predicted octanol–water partition coefficient (Wildman–Crippen LogP) is 4.80. The number of rotatable bonds is 9. The van der Waals surface area contributed by atoms with Gasteiger partial charge < -0.3 is 20.1 Å². The smallest absolute Gasteiger partial charge is 0.407 e. The quantitative estimate of drug-likeness (QED) is 0.540. The third-order valence-electron chi connectivity index (χ3n) is 7.20. The summed E-state index contributed by atoms with van der Waals surface area (Å²) < 4.78 is 5.68. The molecular weight excluding hydrogens is 444 g/mol. The highest BCUT2D eigenvalue weighted by Crippen LogP contribution is 2.44. The molecule has 2 N–H and O–H groups in total. The molecule has 0 aromatic heterocycles. The van der Waals surface area contributed by atoms with Crippen molar-refractivity contribution >= 4 is 18.0 Å². The Bertz CT molecular complexity index is 1020. The summed E-state index contributed by atoms with van der Waals surface area (Å²) in [6.07, 6.45) is 3.11. The van der Waals surface area contributed by atoms with Crippen LogP contribution in [-0.2, 0) is 14.3 Å². The maximum Gasteiger partial charge on any atom is 0.407 e. The number of ether oxygens (including phenoxy) is 1. The van der Waals surface area contributed by atoms with Gasteiger partial charge in [-0.1, -0.05) is 55.0 Å². The molecule has 2 atom stereocenters.